The Bertz CT molecular complexity index is 443. The molecule has 1 aliphatic rings. The summed E-state index contributed by atoms with van der Waals surface area (Å²) in [4.78, 5) is 0. The molecule has 2 rings (SSSR count). The van der Waals surface area contributed by atoms with Crippen molar-refractivity contribution in [2.24, 2.45) is 0 Å². The minimum atomic E-state index is -0.603. The number of aliphatic hydroxyl groups excluding tert-OH is 1. The van der Waals surface area contributed by atoms with E-state index >= 15 is 0 Å². The van der Waals surface area contributed by atoms with Crippen LogP contribution in [0.1, 0.15) is 25.0 Å². The molecule has 0 spiro atoms. The topological polar surface area (TPSA) is 38.7 Å². The summed E-state index contributed by atoms with van der Waals surface area (Å²) < 4.78 is 10.9. The third kappa shape index (κ3) is 2.63. The first kappa shape index (κ1) is 13.7. The second kappa shape index (κ2) is 5.08. The molecule has 1 atom stereocenters. The maximum absolute atomic E-state index is 10.2. The summed E-state index contributed by atoms with van der Waals surface area (Å²) in [5.41, 5.74) is 1.49. The highest BCUT2D eigenvalue weighted by atomic mass is 35.5. The Hall–Kier alpha value is -0.770. The summed E-state index contributed by atoms with van der Waals surface area (Å²) in [6, 6.07) is 3.79. The third-order valence-corrected chi connectivity index (χ3v) is 3.79. The van der Waals surface area contributed by atoms with Crippen LogP contribution in [0.3, 0.4) is 0 Å². The largest absolute Gasteiger partial charge is 0.493 e. The Morgan fingerprint density at radius 2 is 2.22 bits per heavy atom. The lowest BCUT2D eigenvalue weighted by Crippen LogP contribution is -2.39. The minimum Gasteiger partial charge on any atom is -0.493 e. The van der Waals surface area contributed by atoms with Gasteiger partial charge in [0.2, 0.25) is 0 Å². The van der Waals surface area contributed by atoms with Gasteiger partial charge in [-0.3, -0.25) is 0 Å². The van der Waals surface area contributed by atoms with Gasteiger partial charge in [0.25, 0.3) is 0 Å². The summed E-state index contributed by atoms with van der Waals surface area (Å²) in [5.74, 6) is 0.880. The first-order chi connectivity index (χ1) is 8.44. The molecule has 0 fully saturated rings. The number of hydrogen-bond donors (Lipinski definition) is 1. The van der Waals surface area contributed by atoms with Crippen LogP contribution in [-0.4, -0.2) is 30.5 Å². The second-order valence-corrected chi connectivity index (χ2v) is 5.62. The third-order valence-electron chi connectivity index (χ3n) is 3.57. The SMILES string of the molecule is COC(C)(C)C(O)Cc1cc(Cl)cc2c1OCC2. The molecule has 0 radical (unpaired) electrons. The van der Waals surface area contributed by atoms with Crippen molar-refractivity contribution in [2.45, 2.75) is 38.4 Å². The highest BCUT2D eigenvalue weighted by Gasteiger charge is 2.29. The molecule has 1 aliphatic heterocycles. The maximum atomic E-state index is 10.2. The van der Waals surface area contributed by atoms with Crippen LogP contribution >= 0.6 is 11.6 Å². The molecule has 1 aromatic rings. The van der Waals surface area contributed by atoms with Crippen molar-refractivity contribution < 1.29 is 14.6 Å². The zero-order chi connectivity index (χ0) is 13.3. The van der Waals surface area contributed by atoms with Gasteiger partial charge in [0.05, 0.1) is 18.3 Å². The molecule has 100 valence electrons. The highest BCUT2D eigenvalue weighted by Crippen LogP contribution is 2.34. The number of benzene rings is 1. The van der Waals surface area contributed by atoms with Crippen molar-refractivity contribution in [3.05, 3.63) is 28.3 Å². The average Bonchev–Trinajstić information content (AvgIpc) is 2.76. The Balaban J connectivity index is 2.25. The standard InChI is InChI=1S/C14H19ClO3/c1-14(2,17-3)12(16)8-10-7-11(15)6-9-4-5-18-13(9)10/h6-7,12,16H,4-5,8H2,1-3H3. The second-order valence-electron chi connectivity index (χ2n) is 5.18. The number of halogens is 1. The fourth-order valence-corrected chi connectivity index (χ4v) is 2.35. The molecule has 0 bridgehead atoms. The Morgan fingerprint density at radius 1 is 1.50 bits per heavy atom. The summed E-state index contributed by atoms with van der Waals surface area (Å²) in [6.07, 6.45) is 0.755. The fourth-order valence-electron chi connectivity index (χ4n) is 2.09. The quantitative estimate of drug-likeness (QED) is 0.914. The van der Waals surface area contributed by atoms with E-state index in [1.165, 1.54) is 0 Å². The molecule has 1 heterocycles. The van der Waals surface area contributed by atoms with Crippen LogP contribution in [0.15, 0.2) is 12.1 Å². The molecule has 18 heavy (non-hydrogen) atoms. The van der Waals surface area contributed by atoms with Crippen molar-refractivity contribution >= 4 is 11.6 Å². The van der Waals surface area contributed by atoms with E-state index in [0.717, 1.165) is 23.3 Å². The van der Waals surface area contributed by atoms with Crippen molar-refractivity contribution in [1.29, 1.82) is 0 Å². The predicted molar refractivity (Wildman–Crippen MR) is 71.4 cm³/mol. The van der Waals surface area contributed by atoms with Crippen molar-refractivity contribution in [2.75, 3.05) is 13.7 Å². The summed E-state index contributed by atoms with van der Waals surface area (Å²) in [7, 11) is 1.60. The molecule has 1 N–H and O–H groups in total. The molecule has 4 heteroatoms. The first-order valence-electron chi connectivity index (χ1n) is 6.11. The lowest BCUT2D eigenvalue weighted by molar-refractivity contribution is -0.0766. The first-order valence-corrected chi connectivity index (χ1v) is 6.49. The van der Waals surface area contributed by atoms with Crippen molar-refractivity contribution in [3.63, 3.8) is 0 Å². The lowest BCUT2D eigenvalue weighted by atomic mass is 9.93. The molecule has 0 amide bonds. The maximum Gasteiger partial charge on any atom is 0.126 e. The minimum absolute atomic E-state index is 0.476. The number of fused-ring (bicyclic) bond motifs is 1. The molecular formula is C14H19ClO3. The number of aliphatic hydroxyl groups is 1. The van der Waals surface area contributed by atoms with Gasteiger partial charge in [-0.2, -0.15) is 0 Å². The van der Waals surface area contributed by atoms with E-state index < -0.39 is 11.7 Å². The van der Waals surface area contributed by atoms with Gasteiger partial charge in [-0.15, -0.1) is 0 Å². The van der Waals surface area contributed by atoms with Gasteiger partial charge in [0.1, 0.15) is 5.75 Å². The number of rotatable bonds is 4. The van der Waals surface area contributed by atoms with E-state index in [-0.39, 0.29) is 0 Å². The zero-order valence-corrected chi connectivity index (χ0v) is 11.8. The molecular weight excluding hydrogens is 252 g/mol. The van der Waals surface area contributed by atoms with Crippen LogP contribution < -0.4 is 4.74 Å². The van der Waals surface area contributed by atoms with Crippen LogP contribution in [0, 0.1) is 0 Å². The van der Waals surface area contributed by atoms with Crippen molar-refractivity contribution in [1.82, 2.24) is 0 Å². The van der Waals surface area contributed by atoms with Gasteiger partial charge >= 0.3 is 0 Å². The normalized spacial score (nSPS) is 16.3. The zero-order valence-electron chi connectivity index (χ0n) is 11.0. The van der Waals surface area contributed by atoms with Gasteiger partial charge < -0.3 is 14.6 Å². The number of ether oxygens (including phenoxy) is 2. The van der Waals surface area contributed by atoms with E-state index in [0.29, 0.717) is 18.1 Å². The van der Waals surface area contributed by atoms with Crippen LogP contribution in [0.2, 0.25) is 5.02 Å². The van der Waals surface area contributed by atoms with Gasteiger partial charge in [0, 0.05) is 25.0 Å². The molecule has 0 aliphatic carbocycles. The molecule has 0 saturated carbocycles. The molecule has 3 nitrogen and oxygen atoms in total. The molecule has 1 unspecified atom stereocenters. The molecule has 0 aromatic heterocycles. The summed E-state index contributed by atoms with van der Waals surface area (Å²) in [5, 5.41) is 10.9. The van der Waals surface area contributed by atoms with Gasteiger partial charge in [0.15, 0.2) is 0 Å². The molecule has 1 aromatic carbocycles. The lowest BCUT2D eigenvalue weighted by Gasteiger charge is -2.29. The van der Waals surface area contributed by atoms with Crippen LogP contribution in [0.25, 0.3) is 0 Å². The van der Waals surface area contributed by atoms with Crippen LogP contribution in [0.4, 0.5) is 0 Å². The Kier molecular flexibility index (Phi) is 3.85. The fraction of sp³-hybridized carbons (Fsp3) is 0.571. The average molecular weight is 271 g/mol. The van der Waals surface area contributed by atoms with E-state index in [4.69, 9.17) is 21.1 Å². The van der Waals surface area contributed by atoms with Crippen LogP contribution in [-0.2, 0) is 17.6 Å². The summed E-state index contributed by atoms with van der Waals surface area (Å²) >= 11 is 6.09. The molecule has 0 saturated heterocycles. The van der Waals surface area contributed by atoms with Crippen molar-refractivity contribution in [3.8, 4) is 5.75 Å². The smallest absolute Gasteiger partial charge is 0.126 e. The van der Waals surface area contributed by atoms with Gasteiger partial charge in [-0.25, -0.2) is 0 Å². The monoisotopic (exact) mass is 270 g/mol. The predicted octanol–water partition coefficient (Wildman–Crippen LogP) is 2.60. The van der Waals surface area contributed by atoms with Crippen LogP contribution in [0.5, 0.6) is 5.75 Å². The Labute approximate surface area is 113 Å². The van der Waals surface area contributed by atoms with E-state index in [9.17, 15) is 5.11 Å². The number of hydrogen-bond acceptors (Lipinski definition) is 3. The van der Waals surface area contributed by atoms with Gasteiger partial charge in [-0.1, -0.05) is 11.6 Å². The summed E-state index contributed by atoms with van der Waals surface area (Å²) in [6.45, 7) is 4.42. The number of methoxy groups -OCH3 is 1. The van der Waals surface area contributed by atoms with E-state index in [2.05, 4.69) is 0 Å². The Morgan fingerprint density at radius 3 is 2.89 bits per heavy atom. The highest BCUT2D eigenvalue weighted by molar-refractivity contribution is 6.30. The van der Waals surface area contributed by atoms with E-state index in [1.54, 1.807) is 7.11 Å². The van der Waals surface area contributed by atoms with Gasteiger partial charge in [-0.05, 0) is 37.1 Å². The van der Waals surface area contributed by atoms with E-state index in [1.807, 2.05) is 26.0 Å².